The standard InChI is InChI=1S/C15H25N5O/c1-20(8-15(9-21)3-2-4-15)13-7-12(18-14(17)19-13)10-5-11(16)6-10/h7,10-11,21H,2-6,8-9,16H2,1H3,(H2,17,18,19). The highest BCUT2D eigenvalue weighted by atomic mass is 16.3. The number of rotatable bonds is 5. The molecule has 6 nitrogen and oxygen atoms in total. The number of nitrogens with two attached hydrogens (primary N) is 2. The molecule has 2 aliphatic carbocycles. The van der Waals surface area contributed by atoms with Gasteiger partial charge in [0.25, 0.3) is 0 Å². The van der Waals surface area contributed by atoms with Crippen LogP contribution in [0.25, 0.3) is 0 Å². The zero-order valence-corrected chi connectivity index (χ0v) is 12.6. The monoisotopic (exact) mass is 291 g/mol. The van der Waals surface area contributed by atoms with E-state index in [4.69, 9.17) is 11.5 Å². The van der Waals surface area contributed by atoms with Crippen LogP contribution >= 0.6 is 0 Å². The first-order chi connectivity index (χ1) is 10.0. The zero-order valence-electron chi connectivity index (χ0n) is 12.6. The lowest BCUT2D eigenvalue weighted by molar-refractivity contribution is 0.0523. The summed E-state index contributed by atoms with van der Waals surface area (Å²) in [5.74, 6) is 1.58. The average Bonchev–Trinajstić information content (AvgIpc) is 2.38. The summed E-state index contributed by atoms with van der Waals surface area (Å²) in [6.45, 7) is 1.05. The summed E-state index contributed by atoms with van der Waals surface area (Å²) in [6.07, 6.45) is 5.31. The van der Waals surface area contributed by atoms with Crippen LogP contribution in [0.1, 0.15) is 43.7 Å². The summed E-state index contributed by atoms with van der Waals surface area (Å²) in [7, 11) is 2.01. The van der Waals surface area contributed by atoms with Gasteiger partial charge in [-0.1, -0.05) is 6.42 Å². The minimum absolute atomic E-state index is 0.0352. The molecule has 0 bridgehead atoms. The predicted octanol–water partition coefficient (Wildman–Crippen LogP) is 0.862. The van der Waals surface area contributed by atoms with Crippen LogP contribution in [0, 0.1) is 5.41 Å². The number of aliphatic hydroxyl groups is 1. The molecule has 0 spiro atoms. The first-order valence-electron chi connectivity index (χ1n) is 7.73. The molecule has 2 saturated carbocycles. The minimum Gasteiger partial charge on any atom is -0.396 e. The molecule has 1 aromatic heterocycles. The fourth-order valence-corrected chi connectivity index (χ4v) is 3.41. The number of aliphatic hydroxyl groups excluding tert-OH is 1. The molecule has 6 heteroatoms. The molecule has 21 heavy (non-hydrogen) atoms. The van der Waals surface area contributed by atoms with Crippen molar-refractivity contribution in [3.8, 4) is 0 Å². The first-order valence-corrected chi connectivity index (χ1v) is 7.73. The van der Waals surface area contributed by atoms with Gasteiger partial charge in [0.1, 0.15) is 5.82 Å². The predicted molar refractivity (Wildman–Crippen MR) is 83.0 cm³/mol. The largest absolute Gasteiger partial charge is 0.396 e. The molecule has 2 aliphatic rings. The van der Waals surface area contributed by atoms with Crippen LogP contribution in [0.15, 0.2) is 6.07 Å². The molecule has 0 saturated heterocycles. The molecule has 0 radical (unpaired) electrons. The van der Waals surface area contributed by atoms with E-state index >= 15 is 0 Å². The molecule has 0 unspecified atom stereocenters. The number of nitrogens with zero attached hydrogens (tertiary/aromatic N) is 3. The van der Waals surface area contributed by atoms with Gasteiger partial charge in [-0.3, -0.25) is 0 Å². The van der Waals surface area contributed by atoms with Gasteiger partial charge in [0.05, 0.1) is 12.3 Å². The van der Waals surface area contributed by atoms with E-state index in [1.807, 2.05) is 13.1 Å². The number of anilines is 2. The van der Waals surface area contributed by atoms with Crippen molar-refractivity contribution in [3.05, 3.63) is 11.8 Å². The fourth-order valence-electron chi connectivity index (χ4n) is 3.41. The second kappa shape index (κ2) is 5.42. The van der Waals surface area contributed by atoms with E-state index in [0.29, 0.717) is 17.9 Å². The molecule has 0 aromatic carbocycles. The molecule has 5 N–H and O–H groups in total. The van der Waals surface area contributed by atoms with E-state index in [0.717, 1.165) is 43.7 Å². The Labute approximate surface area is 125 Å². The number of nitrogen functional groups attached to an aromatic ring is 1. The van der Waals surface area contributed by atoms with Crippen molar-refractivity contribution in [2.45, 2.75) is 44.1 Å². The Balaban J connectivity index is 1.74. The van der Waals surface area contributed by atoms with Crippen LogP contribution in [-0.4, -0.2) is 41.3 Å². The van der Waals surface area contributed by atoms with Gasteiger partial charge < -0.3 is 21.5 Å². The van der Waals surface area contributed by atoms with Crippen molar-refractivity contribution in [1.29, 1.82) is 0 Å². The second-order valence-corrected chi connectivity index (χ2v) is 6.81. The van der Waals surface area contributed by atoms with E-state index in [9.17, 15) is 5.11 Å². The molecule has 1 aromatic rings. The lowest BCUT2D eigenvalue weighted by Crippen LogP contribution is -2.44. The van der Waals surface area contributed by atoms with E-state index in [1.165, 1.54) is 6.42 Å². The Bertz CT molecular complexity index is 505. The third-order valence-corrected chi connectivity index (χ3v) is 5.06. The Hall–Kier alpha value is -1.40. The zero-order chi connectivity index (χ0) is 15.0. The molecule has 0 amide bonds. The maximum atomic E-state index is 9.61. The lowest BCUT2D eigenvalue weighted by Gasteiger charge is -2.43. The van der Waals surface area contributed by atoms with Gasteiger partial charge in [0.2, 0.25) is 5.95 Å². The summed E-state index contributed by atoms with van der Waals surface area (Å²) >= 11 is 0. The van der Waals surface area contributed by atoms with Crippen molar-refractivity contribution >= 4 is 11.8 Å². The van der Waals surface area contributed by atoms with Crippen molar-refractivity contribution in [3.63, 3.8) is 0 Å². The Morgan fingerprint density at radius 3 is 2.62 bits per heavy atom. The Morgan fingerprint density at radius 2 is 2.10 bits per heavy atom. The highest BCUT2D eigenvalue weighted by molar-refractivity contribution is 5.44. The first kappa shape index (κ1) is 14.5. The quantitative estimate of drug-likeness (QED) is 0.744. The van der Waals surface area contributed by atoms with E-state index in [2.05, 4.69) is 14.9 Å². The summed E-state index contributed by atoms with van der Waals surface area (Å²) in [6, 6.07) is 2.32. The smallest absolute Gasteiger partial charge is 0.222 e. The lowest BCUT2D eigenvalue weighted by atomic mass is 9.69. The third-order valence-electron chi connectivity index (χ3n) is 5.06. The van der Waals surface area contributed by atoms with Crippen LogP contribution < -0.4 is 16.4 Å². The van der Waals surface area contributed by atoms with Crippen molar-refractivity contribution in [2.75, 3.05) is 30.8 Å². The average molecular weight is 291 g/mol. The maximum Gasteiger partial charge on any atom is 0.222 e. The van der Waals surface area contributed by atoms with Gasteiger partial charge in [-0.05, 0) is 25.7 Å². The van der Waals surface area contributed by atoms with Gasteiger partial charge in [-0.25, -0.2) is 4.98 Å². The highest BCUT2D eigenvalue weighted by Crippen LogP contribution is 2.42. The molecule has 0 aliphatic heterocycles. The number of aromatic nitrogens is 2. The maximum absolute atomic E-state index is 9.61. The van der Waals surface area contributed by atoms with Gasteiger partial charge in [-0.15, -0.1) is 0 Å². The van der Waals surface area contributed by atoms with Crippen LogP contribution in [0.3, 0.4) is 0 Å². The van der Waals surface area contributed by atoms with Gasteiger partial charge in [0.15, 0.2) is 0 Å². The molecule has 2 fully saturated rings. The van der Waals surface area contributed by atoms with Gasteiger partial charge in [-0.2, -0.15) is 4.98 Å². The Kier molecular flexibility index (Phi) is 3.75. The normalized spacial score (nSPS) is 26.8. The van der Waals surface area contributed by atoms with Crippen LogP contribution in [0.2, 0.25) is 0 Å². The van der Waals surface area contributed by atoms with Crippen molar-refractivity contribution in [2.24, 2.45) is 11.1 Å². The second-order valence-electron chi connectivity index (χ2n) is 6.81. The molecule has 0 atom stereocenters. The van der Waals surface area contributed by atoms with Crippen LogP contribution in [-0.2, 0) is 0 Å². The van der Waals surface area contributed by atoms with E-state index in [1.54, 1.807) is 0 Å². The fraction of sp³-hybridized carbons (Fsp3) is 0.733. The molecular formula is C15H25N5O. The highest BCUT2D eigenvalue weighted by Gasteiger charge is 2.38. The van der Waals surface area contributed by atoms with Crippen molar-refractivity contribution in [1.82, 2.24) is 9.97 Å². The summed E-state index contributed by atoms with van der Waals surface area (Å²) in [4.78, 5) is 10.8. The summed E-state index contributed by atoms with van der Waals surface area (Å²) < 4.78 is 0. The Morgan fingerprint density at radius 1 is 1.38 bits per heavy atom. The van der Waals surface area contributed by atoms with E-state index < -0.39 is 0 Å². The number of hydrogen-bond donors (Lipinski definition) is 3. The molecular weight excluding hydrogens is 266 g/mol. The number of hydrogen-bond acceptors (Lipinski definition) is 6. The minimum atomic E-state index is 0.0352. The molecule has 116 valence electrons. The van der Waals surface area contributed by atoms with E-state index in [-0.39, 0.29) is 12.0 Å². The van der Waals surface area contributed by atoms with Crippen LogP contribution in [0.5, 0.6) is 0 Å². The van der Waals surface area contributed by atoms with Gasteiger partial charge in [0, 0.05) is 37.0 Å². The van der Waals surface area contributed by atoms with Crippen molar-refractivity contribution < 1.29 is 5.11 Å². The summed E-state index contributed by atoms with van der Waals surface area (Å²) in [5, 5.41) is 9.61. The summed E-state index contributed by atoms with van der Waals surface area (Å²) in [5.41, 5.74) is 12.8. The molecule has 1 heterocycles. The van der Waals surface area contributed by atoms with Gasteiger partial charge >= 0.3 is 0 Å². The SMILES string of the molecule is CN(CC1(CO)CCC1)c1cc(C2CC(N)C2)nc(N)n1. The topological polar surface area (TPSA) is 101 Å². The molecule has 3 rings (SSSR count). The van der Waals surface area contributed by atoms with Crippen LogP contribution in [0.4, 0.5) is 11.8 Å². The third kappa shape index (κ3) is 2.82.